The molecule has 6 nitrogen and oxygen atoms in total. The smallest absolute Gasteiger partial charge is 0.181 e. The summed E-state index contributed by atoms with van der Waals surface area (Å²) in [7, 11) is 1.47. The molecule has 0 bridgehead atoms. The molecule has 1 heterocycles. The van der Waals surface area contributed by atoms with Gasteiger partial charge in [0.25, 0.3) is 0 Å². The van der Waals surface area contributed by atoms with E-state index in [-0.39, 0.29) is 41.0 Å². The van der Waals surface area contributed by atoms with E-state index in [4.69, 9.17) is 9.47 Å². The highest BCUT2D eigenvalue weighted by atomic mass is 16.5. The van der Waals surface area contributed by atoms with Crippen molar-refractivity contribution in [2.75, 3.05) is 13.7 Å². The van der Waals surface area contributed by atoms with E-state index in [9.17, 15) is 20.1 Å². The molecule has 1 aliphatic rings. The molecule has 0 unspecified atom stereocenters. The van der Waals surface area contributed by atoms with Gasteiger partial charge in [-0.25, -0.2) is 0 Å². The number of hydrogen-bond donors (Lipinski definition) is 3. The second-order valence-electron chi connectivity index (χ2n) is 6.74. The average Bonchev–Trinajstić information content (AvgIpc) is 2.60. The summed E-state index contributed by atoms with van der Waals surface area (Å²) in [6.45, 7) is 3.95. The Hall–Kier alpha value is -3.15. The maximum absolute atomic E-state index is 13.1. The van der Waals surface area contributed by atoms with Gasteiger partial charge in [0.05, 0.1) is 13.0 Å². The van der Waals surface area contributed by atoms with Crippen molar-refractivity contribution in [3.8, 4) is 28.7 Å². The molecule has 3 N–H and O–H groups in total. The van der Waals surface area contributed by atoms with E-state index < -0.39 is 5.92 Å². The molecule has 27 heavy (non-hydrogen) atoms. The van der Waals surface area contributed by atoms with Crippen LogP contribution in [0.3, 0.4) is 0 Å². The van der Waals surface area contributed by atoms with Crippen LogP contribution in [0.1, 0.15) is 41.3 Å². The van der Waals surface area contributed by atoms with Crippen LogP contribution in [0.4, 0.5) is 0 Å². The molecule has 2 aromatic rings. The Morgan fingerprint density at radius 3 is 2.67 bits per heavy atom. The molecule has 1 aliphatic heterocycles. The van der Waals surface area contributed by atoms with E-state index in [2.05, 4.69) is 0 Å². The number of rotatable bonds is 4. The van der Waals surface area contributed by atoms with Crippen molar-refractivity contribution < 1.29 is 29.6 Å². The van der Waals surface area contributed by atoms with Crippen molar-refractivity contribution in [1.82, 2.24) is 0 Å². The minimum atomic E-state index is -0.690. The molecular weight excluding hydrogens is 348 g/mol. The summed E-state index contributed by atoms with van der Waals surface area (Å²) in [6, 6.07) is 5.76. The number of aromatic hydroxyl groups is 3. The molecule has 0 aliphatic carbocycles. The average molecular weight is 370 g/mol. The van der Waals surface area contributed by atoms with Crippen LogP contribution in [-0.2, 0) is 6.42 Å². The summed E-state index contributed by atoms with van der Waals surface area (Å²) >= 11 is 0. The van der Waals surface area contributed by atoms with Crippen LogP contribution < -0.4 is 9.47 Å². The van der Waals surface area contributed by atoms with Crippen molar-refractivity contribution in [3.63, 3.8) is 0 Å². The lowest BCUT2D eigenvalue weighted by Gasteiger charge is -2.27. The van der Waals surface area contributed by atoms with Crippen LogP contribution in [0.2, 0.25) is 0 Å². The topological polar surface area (TPSA) is 96.2 Å². The monoisotopic (exact) mass is 370 g/mol. The fourth-order valence-electron chi connectivity index (χ4n) is 3.24. The summed E-state index contributed by atoms with van der Waals surface area (Å²) in [5.74, 6) is -1.05. The lowest BCUT2D eigenvalue weighted by molar-refractivity contribution is 0.0891. The molecule has 0 amide bonds. The quantitative estimate of drug-likeness (QED) is 0.711. The predicted molar refractivity (Wildman–Crippen MR) is 100 cm³/mol. The molecule has 2 aromatic carbocycles. The highest BCUT2D eigenvalue weighted by Gasteiger charge is 2.35. The number of hydrogen-bond acceptors (Lipinski definition) is 6. The van der Waals surface area contributed by atoms with E-state index in [0.29, 0.717) is 23.3 Å². The van der Waals surface area contributed by atoms with Gasteiger partial charge in [-0.1, -0.05) is 17.7 Å². The first-order valence-electron chi connectivity index (χ1n) is 8.58. The maximum Gasteiger partial charge on any atom is 0.181 e. The number of ether oxygens (including phenoxy) is 2. The highest BCUT2D eigenvalue weighted by Crippen LogP contribution is 2.43. The molecule has 3 rings (SSSR count). The van der Waals surface area contributed by atoms with Gasteiger partial charge in [-0.2, -0.15) is 0 Å². The number of Topliss-reactive ketones (excluding diaryl/α,β-unsaturated/α-hetero) is 1. The number of allylic oxidation sites excluding steroid dienone is 2. The van der Waals surface area contributed by atoms with Gasteiger partial charge in [0.15, 0.2) is 17.3 Å². The Labute approximate surface area is 157 Å². The number of benzene rings is 2. The third-order valence-corrected chi connectivity index (χ3v) is 4.63. The molecule has 0 aromatic heterocycles. The van der Waals surface area contributed by atoms with Crippen LogP contribution in [0.15, 0.2) is 35.9 Å². The Morgan fingerprint density at radius 1 is 1.26 bits per heavy atom. The lowest BCUT2D eigenvalue weighted by atomic mass is 9.84. The summed E-state index contributed by atoms with van der Waals surface area (Å²) < 4.78 is 10.8. The number of methoxy groups -OCH3 is 1. The zero-order chi connectivity index (χ0) is 19.7. The van der Waals surface area contributed by atoms with Gasteiger partial charge in [-0.15, -0.1) is 0 Å². The van der Waals surface area contributed by atoms with Gasteiger partial charge in [0.2, 0.25) is 0 Å². The Bertz CT molecular complexity index is 925. The highest BCUT2D eigenvalue weighted by molar-refractivity contribution is 6.06. The Morgan fingerprint density at radius 2 is 2.00 bits per heavy atom. The van der Waals surface area contributed by atoms with E-state index >= 15 is 0 Å². The van der Waals surface area contributed by atoms with Crippen LogP contribution in [-0.4, -0.2) is 34.8 Å². The Balaban J connectivity index is 2.10. The third kappa shape index (κ3) is 3.43. The molecule has 142 valence electrons. The van der Waals surface area contributed by atoms with Crippen molar-refractivity contribution in [2.24, 2.45) is 0 Å². The van der Waals surface area contributed by atoms with Crippen molar-refractivity contribution in [3.05, 3.63) is 52.6 Å². The predicted octanol–water partition coefficient (Wildman–Crippen LogP) is 3.68. The second kappa shape index (κ2) is 7.23. The first-order valence-corrected chi connectivity index (χ1v) is 8.58. The second-order valence-corrected chi connectivity index (χ2v) is 6.74. The number of phenols is 3. The zero-order valence-electron chi connectivity index (χ0n) is 15.4. The number of carbonyl (C=O) groups is 1. The van der Waals surface area contributed by atoms with Gasteiger partial charge < -0.3 is 24.8 Å². The first kappa shape index (κ1) is 18.6. The molecule has 0 spiro atoms. The standard InChI is InChI=1S/C21H22O6/c1-11(2)4-5-14-13(6-7-17(26-3)20(14)24)15-10-27-18-9-12(22)8-16(23)19(18)21(15)25/h4,6-9,15,22-24H,5,10H2,1-3H3/t15-/m0/s1. The fourth-order valence-corrected chi connectivity index (χ4v) is 3.24. The SMILES string of the molecule is COc1ccc([C@@H]2COc3cc(O)cc(O)c3C2=O)c(CC=C(C)C)c1O. The molecule has 6 heteroatoms. The van der Waals surface area contributed by atoms with Crippen molar-refractivity contribution in [2.45, 2.75) is 26.2 Å². The summed E-state index contributed by atoms with van der Waals surface area (Å²) in [5.41, 5.74) is 2.31. The van der Waals surface area contributed by atoms with E-state index in [1.54, 1.807) is 12.1 Å². The van der Waals surface area contributed by atoms with E-state index in [1.807, 2.05) is 19.9 Å². The van der Waals surface area contributed by atoms with Crippen LogP contribution >= 0.6 is 0 Å². The lowest BCUT2D eigenvalue weighted by Crippen LogP contribution is -2.27. The van der Waals surface area contributed by atoms with Crippen LogP contribution in [0.5, 0.6) is 28.7 Å². The zero-order valence-corrected chi connectivity index (χ0v) is 15.4. The van der Waals surface area contributed by atoms with Gasteiger partial charge in [0.1, 0.15) is 29.4 Å². The van der Waals surface area contributed by atoms with Gasteiger partial charge in [-0.05, 0) is 31.9 Å². The van der Waals surface area contributed by atoms with Crippen molar-refractivity contribution >= 4 is 5.78 Å². The number of ketones is 1. The maximum atomic E-state index is 13.1. The van der Waals surface area contributed by atoms with E-state index in [1.165, 1.54) is 13.2 Å². The van der Waals surface area contributed by atoms with E-state index in [0.717, 1.165) is 11.6 Å². The fraction of sp³-hybridized carbons (Fsp3) is 0.286. The van der Waals surface area contributed by atoms with Gasteiger partial charge in [0, 0.05) is 17.7 Å². The summed E-state index contributed by atoms with van der Waals surface area (Å²) in [6.07, 6.45) is 2.38. The number of phenolic OH excluding ortho intramolecular Hbond substituents is 3. The first-order chi connectivity index (χ1) is 12.8. The molecular formula is C21H22O6. The molecule has 0 saturated heterocycles. The van der Waals surface area contributed by atoms with Crippen LogP contribution in [0.25, 0.3) is 0 Å². The molecule has 0 fully saturated rings. The number of carbonyl (C=O) groups excluding carboxylic acids is 1. The Kier molecular flexibility index (Phi) is 4.99. The normalized spacial score (nSPS) is 15.7. The third-order valence-electron chi connectivity index (χ3n) is 4.63. The van der Waals surface area contributed by atoms with Gasteiger partial charge >= 0.3 is 0 Å². The molecule has 0 radical (unpaired) electrons. The van der Waals surface area contributed by atoms with Gasteiger partial charge in [-0.3, -0.25) is 4.79 Å². The summed E-state index contributed by atoms with van der Waals surface area (Å²) in [5, 5.41) is 30.3. The number of fused-ring (bicyclic) bond motifs is 1. The van der Waals surface area contributed by atoms with Crippen molar-refractivity contribution in [1.29, 1.82) is 0 Å². The molecule has 1 atom stereocenters. The van der Waals surface area contributed by atoms with Crippen LogP contribution in [0, 0.1) is 0 Å². The largest absolute Gasteiger partial charge is 0.508 e. The minimum absolute atomic E-state index is 0.0129. The summed E-state index contributed by atoms with van der Waals surface area (Å²) in [4.78, 5) is 13.1. The molecule has 0 saturated carbocycles. The minimum Gasteiger partial charge on any atom is -0.508 e.